The van der Waals surface area contributed by atoms with Gasteiger partial charge < -0.3 is 77.1 Å². The molecule has 2 aromatic rings. The number of hydrogen-bond donors (Lipinski definition) is 13. The number of carboxylic acid groups (broad SMARTS) is 6. The number of carboxylic acids is 6. The number of urea groups is 1. The number of benzene rings is 1. The molecular weight excluding hydrogens is 1050 g/mol. The first-order valence-corrected chi connectivity index (χ1v) is 26.8. The summed E-state index contributed by atoms with van der Waals surface area (Å²) in [6.45, 7) is 3.33. The van der Waals surface area contributed by atoms with Crippen molar-refractivity contribution in [3.8, 4) is 0 Å². The van der Waals surface area contributed by atoms with Crippen molar-refractivity contribution in [1.82, 2.24) is 50.5 Å². The van der Waals surface area contributed by atoms with Gasteiger partial charge in [0.1, 0.15) is 12.1 Å². The molecule has 1 unspecified atom stereocenters. The van der Waals surface area contributed by atoms with E-state index in [1.165, 1.54) is 0 Å². The summed E-state index contributed by atoms with van der Waals surface area (Å²) in [5, 5.41) is 90.3. The highest BCUT2D eigenvalue weighted by Gasteiger charge is 2.29. The van der Waals surface area contributed by atoms with E-state index in [2.05, 4.69) is 36.6 Å². The molecule has 0 bridgehead atoms. The van der Waals surface area contributed by atoms with E-state index in [1.54, 1.807) is 19.6 Å². The maximum absolute atomic E-state index is 12.4. The van der Waals surface area contributed by atoms with Crippen LogP contribution in [0.15, 0.2) is 24.3 Å². The molecule has 30 heteroatoms. The van der Waals surface area contributed by atoms with Gasteiger partial charge in [0.15, 0.2) is 6.29 Å². The summed E-state index contributed by atoms with van der Waals surface area (Å²) < 4.78 is 5.55. The van der Waals surface area contributed by atoms with E-state index in [4.69, 9.17) is 14.8 Å². The predicted molar refractivity (Wildman–Crippen MR) is 287 cm³/mol. The quantitative estimate of drug-likeness (QED) is 0.0303. The second-order valence-electron chi connectivity index (χ2n) is 19.6. The van der Waals surface area contributed by atoms with Crippen molar-refractivity contribution in [3.05, 3.63) is 29.8 Å². The SMILES string of the molecule is O=C(O)CC[C@H](NC(=O)N[C@@H](CCCCNC(=O)CCCCCCCNc1nc(Nc2ccc(CC3CN(CC(=O)O)CCN(CC(=O)O)CCN(CC(O)O)CCN3CC(=O)O)cc2)nc(N2CCOCC2)n1)C(=O)O)C(=O)O. The highest BCUT2D eigenvalue weighted by atomic mass is 16.5. The third kappa shape index (κ3) is 26.7. The molecule has 2 fully saturated rings. The Morgan fingerprint density at radius 3 is 1.80 bits per heavy atom. The van der Waals surface area contributed by atoms with Gasteiger partial charge in [-0.25, -0.2) is 14.4 Å². The molecule has 2 aliphatic heterocycles. The molecule has 0 radical (unpaired) electrons. The molecule has 13 N–H and O–H groups in total. The number of aliphatic hydroxyl groups excluding tert-OH is 1. The van der Waals surface area contributed by atoms with E-state index in [1.807, 2.05) is 29.2 Å². The highest BCUT2D eigenvalue weighted by Crippen LogP contribution is 2.21. The average molecular weight is 1130 g/mol. The summed E-state index contributed by atoms with van der Waals surface area (Å²) in [6.07, 6.45) is 2.87. The molecule has 2 saturated heterocycles. The lowest BCUT2D eigenvalue weighted by atomic mass is 10.0. The molecule has 0 saturated carbocycles. The number of anilines is 4. The Bertz CT molecular complexity index is 2300. The van der Waals surface area contributed by atoms with Crippen molar-refractivity contribution < 1.29 is 83.9 Å². The lowest BCUT2D eigenvalue weighted by molar-refractivity contribution is -0.141. The lowest BCUT2D eigenvalue weighted by Gasteiger charge is -2.38. The number of ether oxygens (including phenoxy) is 1. The van der Waals surface area contributed by atoms with E-state index >= 15 is 0 Å². The third-order valence-corrected chi connectivity index (χ3v) is 13.2. The first-order chi connectivity index (χ1) is 38.2. The van der Waals surface area contributed by atoms with Gasteiger partial charge in [-0.15, -0.1) is 0 Å². The number of amides is 3. The lowest BCUT2D eigenvalue weighted by Crippen LogP contribution is -2.53. The zero-order chi connectivity index (χ0) is 58.4. The molecule has 446 valence electrons. The topological polar surface area (TPSA) is 423 Å². The van der Waals surface area contributed by atoms with E-state index in [0.29, 0.717) is 89.1 Å². The summed E-state index contributed by atoms with van der Waals surface area (Å²) in [5.41, 5.74) is 1.46. The number of morpholine rings is 1. The van der Waals surface area contributed by atoms with E-state index in [9.17, 15) is 74.1 Å². The van der Waals surface area contributed by atoms with Crippen LogP contribution < -0.4 is 31.5 Å². The highest BCUT2D eigenvalue weighted by molar-refractivity contribution is 5.86. The predicted octanol–water partition coefficient (Wildman–Crippen LogP) is -0.742. The van der Waals surface area contributed by atoms with Crippen molar-refractivity contribution in [2.75, 3.05) is 127 Å². The minimum Gasteiger partial charge on any atom is -0.481 e. The Morgan fingerprint density at radius 2 is 1.16 bits per heavy atom. The summed E-state index contributed by atoms with van der Waals surface area (Å²) in [4.78, 5) is 117. The summed E-state index contributed by atoms with van der Waals surface area (Å²) in [7, 11) is 0. The number of rotatable bonds is 34. The number of aliphatic carboxylic acids is 6. The van der Waals surface area contributed by atoms with Crippen molar-refractivity contribution in [2.24, 2.45) is 0 Å². The second-order valence-corrected chi connectivity index (χ2v) is 19.6. The smallest absolute Gasteiger partial charge is 0.326 e. The number of nitrogens with zero attached hydrogens (tertiary/aromatic N) is 8. The van der Waals surface area contributed by atoms with Gasteiger partial charge in [-0.2, -0.15) is 15.0 Å². The number of carbonyl (C=O) groups is 8. The van der Waals surface area contributed by atoms with Crippen molar-refractivity contribution in [2.45, 2.75) is 101 Å². The van der Waals surface area contributed by atoms with Crippen LogP contribution in [-0.4, -0.2) is 259 Å². The summed E-state index contributed by atoms with van der Waals surface area (Å²) >= 11 is 0. The molecule has 0 aliphatic carbocycles. The first-order valence-electron chi connectivity index (χ1n) is 26.8. The second kappa shape index (κ2) is 35.5. The van der Waals surface area contributed by atoms with Crippen LogP contribution in [0.25, 0.3) is 0 Å². The zero-order valence-electron chi connectivity index (χ0n) is 45.0. The molecule has 1 aromatic carbocycles. The maximum Gasteiger partial charge on any atom is 0.326 e. The number of unbranched alkanes of at least 4 members (excludes halogenated alkanes) is 5. The normalized spacial score (nSPS) is 17.0. The third-order valence-electron chi connectivity index (χ3n) is 13.2. The zero-order valence-corrected chi connectivity index (χ0v) is 45.0. The Balaban J connectivity index is 1.28. The van der Waals surface area contributed by atoms with Gasteiger partial charge in [0.25, 0.3) is 0 Å². The van der Waals surface area contributed by atoms with Crippen molar-refractivity contribution >= 4 is 71.3 Å². The molecule has 3 heterocycles. The molecule has 30 nitrogen and oxygen atoms in total. The Kier molecular flexibility index (Phi) is 29.0. The average Bonchev–Trinajstić information content (AvgIpc) is 3.41. The Morgan fingerprint density at radius 1 is 0.588 bits per heavy atom. The van der Waals surface area contributed by atoms with Crippen LogP contribution in [0.5, 0.6) is 0 Å². The van der Waals surface area contributed by atoms with Gasteiger partial charge in [-0.1, -0.05) is 31.4 Å². The van der Waals surface area contributed by atoms with E-state index < -0.39 is 72.7 Å². The molecule has 4 rings (SSSR count). The Labute approximate surface area is 462 Å². The van der Waals surface area contributed by atoms with Gasteiger partial charge in [0.05, 0.1) is 32.8 Å². The van der Waals surface area contributed by atoms with Crippen LogP contribution in [-0.2, 0) is 44.7 Å². The van der Waals surface area contributed by atoms with E-state index in [-0.39, 0.29) is 96.7 Å². The van der Waals surface area contributed by atoms with Gasteiger partial charge in [-0.05, 0) is 62.6 Å². The number of carbonyl (C=O) groups excluding carboxylic acids is 2. The molecular formula is C50H79N13O17. The molecule has 80 heavy (non-hydrogen) atoms. The molecule has 3 atom stereocenters. The number of nitrogens with one attached hydrogen (secondary N) is 5. The van der Waals surface area contributed by atoms with Crippen LogP contribution in [0.4, 0.5) is 28.3 Å². The fourth-order valence-electron chi connectivity index (χ4n) is 9.02. The van der Waals surface area contributed by atoms with Gasteiger partial charge in [0, 0.05) is 103 Å². The van der Waals surface area contributed by atoms with Crippen LogP contribution in [0.3, 0.4) is 0 Å². The maximum atomic E-state index is 12.4. The number of aromatic nitrogens is 3. The summed E-state index contributed by atoms with van der Waals surface area (Å²) in [5.74, 6) is -6.32. The fraction of sp³-hybridized carbons (Fsp3) is 0.660. The minimum absolute atomic E-state index is 0.0179. The Hall–Kier alpha value is -7.09. The molecule has 2 aliphatic rings. The van der Waals surface area contributed by atoms with Crippen molar-refractivity contribution in [3.63, 3.8) is 0 Å². The first kappa shape index (κ1) is 65.4. The largest absolute Gasteiger partial charge is 0.481 e. The van der Waals surface area contributed by atoms with Crippen LogP contribution in [0.1, 0.15) is 76.2 Å². The van der Waals surface area contributed by atoms with Gasteiger partial charge in [0.2, 0.25) is 23.8 Å². The van der Waals surface area contributed by atoms with E-state index in [0.717, 1.165) is 31.2 Å². The van der Waals surface area contributed by atoms with Crippen LogP contribution in [0, 0.1) is 0 Å². The number of β-amino-alcohol motifs (C(OH)–C–C–N with tert-alkyl or cyclic N) is 2. The van der Waals surface area contributed by atoms with Gasteiger partial charge >= 0.3 is 41.8 Å². The molecule has 3 amide bonds. The number of aliphatic hydroxyl groups is 2. The fourth-order valence-corrected chi connectivity index (χ4v) is 9.02. The van der Waals surface area contributed by atoms with Crippen LogP contribution >= 0.6 is 0 Å². The van der Waals surface area contributed by atoms with Crippen LogP contribution in [0.2, 0.25) is 0 Å². The molecule has 1 aromatic heterocycles. The molecule has 0 spiro atoms. The minimum atomic E-state index is -1.68. The monoisotopic (exact) mass is 1130 g/mol. The summed E-state index contributed by atoms with van der Waals surface area (Å²) in [6, 6.07) is 2.99. The van der Waals surface area contributed by atoms with Crippen molar-refractivity contribution in [1.29, 1.82) is 0 Å². The van der Waals surface area contributed by atoms with Gasteiger partial charge in [-0.3, -0.25) is 43.6 Å². The standard InChI is InChI=1S/C50H79N13O17/c64-39(51-16-7-5-8-37(45(75)76)54-50(79)55-38(46(77)78)14-15-40(65)66)9-4-2-1-3-6-17-52-47-56-48(58-49(57-47)62-24-26-80-27-25-62)53-35-12-10-34(11-13-35)28-36-29-61(32-43(71)72)21-20-59(30-41(67)68)18-19-60(31-42(69)70)22-23-63(36)33-44(73)74/h10-13,36-38,42,69-70H,1-9,14-33H2,(H,51,64)(H,65,66)(H,67,68)(H,71,72)(H,73,74)(H,75,76)(H,77,78)(H2,54,55,79)(H2,52,53,56,57,58)/t36?,37-,38-/m0/s1. The number of hydrogen-bond acceptors (Lipinski definition) is 21.